The van der Waals surface area contributed by atoms with Crippen molar-refractivity contribution in [2.24, 2.45) is 0 Å². The van der Waals surface area contributed by atoms with Gasteiger partial charge in [-0.05, 0) is 39.3 Å². The largest absolute Gasteiger partial charge is 0.393 e. The third-order valence-corrected chi connectivity index (χ3v) is 1.62. The first-order valence-corrected chi connectivity index (χ1v) is 4.53. The molecular formula is C9H18N2O. The molecule has 0 bridgehead atoms. The summed E-state index contributed by atoms with van der Waals surface area (Å²) in [4.78, 5) is 0. The van der Waals surface area contributed by atoms with Crippen LogP contribution >= 0.6 is 0 Å². The molecule has 0 radical (unpaired) electrons. The Kier molecular flexibility index (Phi) is 8.09. The highest BCUT2D eigenvalue weighted by molar-refractivity contribution is 4.68. The Morgan fingerprint density at radius 1 is 1.42 bits per heavy atom. The molecule has 0 saturated carbocycles. The molecule has 0 aromatic rings. The van der Waals surface area contributed by atoms with Crippen molar-refractivity contribution in [2.75, 3.05) is 13.1 Å². The van der Waals surface area contributed by atoms with Crippen molar-refractivity contribution in [3.8, 4) is 6.07 Å². The molecule has 0 saturated heterocycles. The maximum absolute atomic E-state index is 8.92. The Bertz CT molecular complexity index is 129. The van der Waals surface area contributed by atoms with Crippen LogP contribution in [0.3, 0.4) is 0 Å². The van der Waals surface area contributed by atoms with Crippen LogP contribution in [0.1, 0.15) is 32.6 Å². The van der Waals surface area contributed by atoms with Crippen molar-refractivity contribution in [3.63, 3.8) is 0 Å². The number of rotatable bonds is 7. The summed E-state index contributed by atoms with van der Waals surface area (Å²) >= 11 is 0. The highest BCUT2D eigenvalue weighted by Gasteiger charge is 1.94. The number of nitrogens with one attached hydrogen (secondary N) is 1. The predicted octanol–water partition coefficient (Wildman–Crippen LogP) is 1.04. The molecule has 3 heteroatoms. The molecule has 12 heavy (non-hydrogen) atoms. The van der Waals surface area contributed by atoms with E-state index in [9.17, 15) is 0 Å². The minimum absolute atomic E-state index is 0.189. The lowest BCUT2D eigenvalue weighted by Crippen LogP contribution is -2.17. The number of aliphatic hydroxyl groups excluding tert-OH is 1. The summed E-state index contributed by atoms with van der Waals surface area (Å²) < 4.78 is 0. The van der Waals surface area contributed by atoms with Crippen LogP contribution in [0, 0.1) is 11.3 Å². The fourth-order valence-electron chi connectivity index (χ4n) is 0.940. The Morgan fingerprint density at radius 2 is 2.08 bits per heavy atom. The lowest BCUT2D eigenvalue weighted by molar-refractivity contribution is 0.181. The fraction of sp³-hybridized carbons (Fsp3) is 0.889. The van der Waals surface area contributed by atoms with Gasteiger partial charge in [0.2, 0.25) is 0 Å². The van der Waals surface area contributed by atoms with Gasteiger partial charge < -0.3 is 10.4 Å². The normalized spacial score (nSPS) is 12.4. The summed E-state index contributed by atoms with van der Waals surface area (Å²) in [6.07, 6.45) is 3.22. The molecule has 0 aliphatic rings. The van der Waals surface area contributed by atoms with Crippen LogP contribution in [0.5, 0.6) is 0 Å². The van der Waals surface area contributed by atoms with Crippen LogP contribution in [0.15, 0.2) is 0 Å². The molecule has 0 heterocycles. The molecule has 0 fully saturated rings. The number of unbranched alkanes of at least 4 members (excludes halogenated alkanes) is 1. The standard InChI is InChI=1S/C9H18N2O/c1-9(12)5-4-8-11-7-3-2-6-10/h9,11-12H,2-5,7-8H2,1H3. The SMILES string of the molecule is CC(O)CCCNCCCC#N. The van der Waals surface area contributed by atoms with Crippen LogP contribution in [-0.2, 0) is 0 Å². The van der Waals surface area contributed by atoms with Crippen molar-refractivity contribution < 1.29 is 5.11 Å². The van der Waals surface area contributed by atoms with E-state index < -0.39 is 0 Å². The van der Waals surface area contributed by atoms with Gasteiger partial charge in [0, 0.05) is 6.42 Å². The smallest absolute Gasteiger partial charge is 0.0622 e. The fourth-order valence-corrected chi connectivity index (χ4v) is 0.940. The van der Waals surface area contributed by atoms with E-state index in [-0.39, 0.29) is 6.10 Å². The molecule has 0 aromatic carbocycles. The molecule has 0 spiro atoms. The minimum Gasteiger partial charge on any atom is -0.393 e. The number of nitrogens with zero attached hydrogens (tertiary/aromatic N) is 1. The number of hydrogen-bond acceptors (Lipinski definition) is 3. The lowest BCUT2D eigenvalue weighted by Gasteiger charge is -2.04. The van der Waals surface area contributed by atoms with E-state index in [2.05, 4.69) is 11.4 Å². The van der Waals surface area contributed by atoms with Crippen LogP contribution in [0.2, 0.25) is 0 Å². The molecule has 0 amide bonds. The monoisotopic (exact) mass is 170 g/mol. The van der Waals surface area contributed by atoms with Crippen molar-refractivity contribution in [1.82, 2.24) is 5.32 Å². The molecule has 1 unspecified atom stereocenters. The highest BCUT2D eigenvalue weighted by atomic mass is 16.3. The van der Waals surface area contributed by atoms with Crippen LogP contribution in [0.4, 0.5) is 0 Å². The molecule has 70 valence electrons. The maximum atomic E-state index is 8.92. The first-order chi connectivity index (χ1) is 5.77. The summed E-state index contributed by atoms with van der Waals surface area (Å²) in [6.45, 7) is 3.65. The van der Waals surface area contributed by atoms with E-state index in [1.807, 2.05) is 0 Å². The molecule has 0 aromatic heterocycles. The quantitative estimate of drug-likeness (QED) is 0.561. The van der Waals surface area contributed by atoms with E-state index in [4.69, 9.17) is 10.4 Å². The summed E-state index contributed by atoms with van der Waals surface area (Å²) in [5.74, 6) is 0. The summed E-state index contributed by atoms with van der Waals surface area (Å²) in [6, 6.07) is 2.10. The summed E-state index contributed by atoms with van der Waals surface area (Å²) in [7, 11) is 0. The van der Waals surface area contributed by atoms with Crippen LogP contribution < -0.4 is 5.32 Å². The second-order valence-electron chi connectivity index (χ2n) is 3.00. The van der Waals surface area contributed by atoms with Gasteiger partial charge in [-0.15, -0.1) is 0 Å². The van der Waals surface area contributed by atoms with Gasteiger partial charge in [-0.1, -0.05) is 0 Å². The van der Waals surface area contributed by atoms with E-state index in [0.29, 0.717) is 6.42 Å². The zero-order valence-corrected chi connectivity index (χ0v) is 7.71. The van der Waals surface area contributed by atoms with Crippen molar-refractivity contribution in [3.05, 3.63) is 0 Å². The summed E-state index contributed by atoms with van der Waals surface area (Å²) in [5, 5.41) is 20.4. The molecule has 0 aliphatic heterocycles. The molecule has 0 rings (SSSR count). The van der Waals surface area contributed by atoms with E-state index in [0.717, 1.165) is 32.4 Å². The van der Waals surface area contributed by atoms with Crippen molar-refractivity contribution in [2.45, 2.75) is 38.7 Å². The second kappa shape index (κ2) is 8.51. The Balaban J connectivity index is 2.87. The Hall–Kier alpha value is -0.590. The molecule has 3 nitrogen and oxygen atoms in total. The summed E-state index contributed by atoms with van der Waals surface area (Å²) in [5.41, 5.74) is 0. The first-order valence-electron chi connectivity index (χ1n) is 4.53. The molecular weight excluding hydrogens is 152 g/mol. The Morgan fingerprint density at radius 3 is 2.67 bits per heavy atom. The average molecular weight is 170 g/mol. The van der Waals surface area contributed by atoms with E-state index in [1.165, 1.54) is 0 Å². The first kappa shape index (κ1) is 11.4. The van der Waals surface area contributed by atoms with Gasteiger partial charge in [-0.25, -0.2) is 0 Å². The van der Waals surface area contributed by atoms with Gasteiger partial charge in [-0.3, -0.25) is 0 Å². The van der Waals surface area contributed by atoms with Gasteiger partial charge in [0.25, 0.3) is 0 Å². The average Bonchev–Trinajstić information content (AvgIpc) is 2.02. The highest BCUT2D eigenvalue weighted by Crippen LogP contribution is 1.93. The lowest BCUT2D eigenvalue weighted by atomic mass is 10.2. The third-order valence-electron chi connectivity index (χ3n) is 1.62. The Labute approximate surface area is 74.4 Å². The van der Waals surface area contributed by atoms with Crippen LogP contribution in [0.25, 0.3) is 0 Å². The maximum Gasteiger partial charge on any atom is 0.0622 e. The minimum atomic E-state index is -0.189. The van der Waals surface area contributed by atoms with Gasteiger partial charge in [0.15, 0.2) is 0 Å². The van der Waals surface area contributed by atoms with E-state index in [1.54, 1.807) is 6.92 Å². The van der Waals surface area contributed by atoms with Gasteiger partial charge in [0.05, 0.1) is 12.2 Å². The third kappa shape index (κ3) is 9.41. The van der Waals surface area contributed by atoms with Crippen molar-refractivity contribution >= 4 is 0 Å². The zero-order chi connectivity index (χ0) is 9.23. The predicted molar refractivity (Wildman–Crippen MR) is 48.6 cm³/mol. The van der Waals surface area contributed by atoms with Gasteiger partial charge in [0.1, 0.15) is 0 Å². The van der Waals surface area contributed by atoms with Crippen LogP contribution in [-0.4, -0.2) is 24.3 Å². The zero-order valence-electron chi connectivity index (χ0n) is 7.71. The number of hydrogen-bond donors (Lipinski definition) is 2. The van der Waals surface area contributed by atoms with E-state index >= 15 is 0 Å². The topological polar surface area (TPSA) is 56.0 Å². The molecule has 1 atom stereocenters. The van der Waals surface area contributed by atoms with Crippen molar-refractivity contribution in [1.29, 1.82) is 5.26 Å². The number of nitriles is 1. The second-order valence-corrected chi connectivity index (χ2v) is 3.00. The van der Waals surface area contributed by atoms with Gasteiger partial charge in [-0.2, -0.15) is 5.26 Å². The van der Waals surface area contributed by atoms with Gasteiger partial charge >= 0.3 is 0 Å². The molecule has 0 aliphatic carbocycles. The number of aliphatic hydroxyl groups is 1. The molecule has 2 N–H and O–H groups in total.